The number of nitrogens with zero attached hydrogens (tertiary/aromatic N) is 1. The highest BCUT2D eigenvalue weighted by atomic mass is 79.9. The Kier molecular flexibility index (Phi) is 4.17. The van der Waals surface area contributed by atoms with E-state index >= 15 is 0 Å². The summed E-state index contributed by atoms with van der Waals surface area (Å²) in [6, 6.07) is 2.02. The lowest BCUT2D eigenvalue weighted by Crippen LogP contribution is -2.34. The van der Waals surface area contributed by atoms with Gasteiger partial charge in [0.15, 0.2) is 0 Å². The third kappa shape index (κ3) is 2.87. The van der Waals surface area contributed by atoms with E-state index < -0.39 is 20.7 Å². The van der Waals surface area contributed by atoms with Crippen LogP contribution in [0.2, 0.25) is 0 Å². The van der Waals surface area contributed by atoms with Gasteiger partial charge in [-0.15, -0.1) is 0 Å². The van der Waals surface area contributed by atoms with Gasteiger partial charge in [0.1, 0.15) is 10.7 Å². The first-order valence-corrected chi connectivity index (χ1v) is 8.38. The van der Waals surface area contributed by atoms with Gasteiger partial charge in [-0.3, -0.25) is 4.79 Å². The van der Waals surface area contributed by atoms with Crippen LogP contribution in [0.25, 0.3) is 0 Å². The molecule has 1 aromatic rings. The second kappa shape index (κ2) is 5.42. The van der Waals surface area contributed by atoms with Gasteiger partial charge in [-0.05, 0) is 47.8 Å². The lowest BCUT2D eigenvalue weighted by atomic mass is 10.2. The molecule has 110 valence electrons. The number of hydrogen-bond acceptors (Lipinski definition) is 3. The zero-order valence-corrected chi connectivity index (χ0v) is 13.2. The zero-order chi connectivity index (χ0) is 15.1. The van der Waals surface area contributed by atoms with Crippen LogP contribution >= 0.6 is 15.9 Å². The largest absolute Gasteiger partial charge is 0.336 e. The number of primary sulfonamides is 1. The van der Waals surface area contributed by atoms with Gasteiger partial charge in [0.2, 0.25) is 10.0 Å². The van der Waals surface area contributed by atoms with Gasteiger partial charge in [0, 0.05) is 17.1 Å². The molecule has 0 aromatic heterocycles. The Morgan fingerprint density at radius 1 is 1.50 bits per heavy atom. The zero-order valence-electron chi connectivity index (χ0n) is 10.8. The lowest BCUT2D eigenvalue weighted by molar-refractivity contribution is 0.0746. The number of amides is 1. The van der Waals surface area contributed by atoms with Crippen molar-refractivity contribution < 1.29 is 17.6 Å². The lowest BCUT2D eigenvalue weighted by Gasteiger charge is -2.22. The molecular weight excluding hydrogens is 351 g/mol. The Morgan fingerprint density at radius 2 is 2.15 bits per heavy atom. The first-order chi connectivity index (χ1) is 9.21. The van der Waals surface area contributed by atoms with Crippen LogP contribution in [0, 0.1) is 5.82 Å². The fourth-order valence-corrected chi connectivity index (χ4v) is 3.40. The molecule has 1 aromatic carbocycles. The fourth-order valence-electron chi connectivity index (χ4n) is 2.30. The molecular formula is C12H14BrFN2O3S. The molecule has 5 nitrogen and oxygen atoms in total. The molecule has 8 heteroatoms. The molecule has 1 aliphatic rings. The fraction of sp³-hybridized carbons (Fsp3) is 0.417. The molecule has 0 bridgehead atoms. The van der Waals surface area contributed by atoms with Gasteiger partial charge in [-0.1, -0.05) is 0 Å². The molecule has 0 saturated carbocycles. The van der Waals surface area contributed by atoms with Crippen molar-refractivity contribution in [1.82, 2.24) is 4.90 Å². The molecule has 1 aliphatic heterocycles. The van der Waals surface area contributed by atoms with Crippen molar-refractivity contribution in [3.63, 3.8) is 0 Å². The van der Waals surface area contributed by atoms with Gasteiger partial charge < -0.3 is 4.90 Å². The maximum atomic E-state index is 13.6. The van der Waals surface area contributed by atoms with Crippen molar-refractivity contribution in [1.29, 1.82) is 0 Å². The SMILES string of the molecule is CC1CCCN1C(=O)c1cc(S(N)(=O)=O)c(F)cc1Br. The summed E-state index contributed by atoms with van der Waals surface area (Å²) in [5.41, 5.74) is 0.101. The van der Waals surface area contributed by atoms with Crippen molar-refractivity contribution >= 4 is 31.9 Å². The summed E-state index contributed by atoms with van der Waals surface area (Å²) >= 11 is 3.09. The summed E-state index contributed by atoms with van der Waals surface area (Å²) < 4.78 is 36.5. The molecule has 0 spiro atoms. The number of sulfonamides is 1. The highest BCUT2D eigenvalue weighted by Crippen LogP contribution is 2.27. The van der Waals surface area contributed by atoms with E-state index in [2.05, 4.69) is 15.9 Å². The Balaban J connectivity index is 2.49. The predicted octanol–water partition coefficient (Wildman–Crippen LogP) is 1.86. The highest BCUT2D eigenvalue weighted by molar-refractivity contribution is 9.10. The van der Waals surface area contributed by atoms with Gasteiger partial charge >= 0.3 is 0 Å². The predicted molar refractivity (Wildman–Crippen MR) is 75.2 cm³/mol. The van der Waals surface area contributed by atoms with Crippen molar-refractivity contribution in [2.75, 3.05) is 6.54 Å². The molecule has 0 aliphatic carbocycles. The third-order valence-corrected chi connectivity index (χ3v) is 4.95. The van der Waals surface area contributed by atoms with Crippen molar-refractivity contribution in [3.8, 4) is 0 Å². The van der Waals surface area contributed by atoms with Crippen molar-refractivity contribution in [3.05, 3.63) is 28.0 Å². The Bertz CT molecular complexity index is 663. The molecule has 1 saturated heterocycles. The van der Waals surface area contributed by atoms with Crippen molar-refractivity contribution in [2.24, 2.45) is 5.14 Å². The Labute approximate surface area is 125 Å². The summed E-state index contributed by atoms with van der Waals surface area (Å²) in [6.07, 6.45) is 1.79. The van der Waals surface area contributed by atoms with Crippen LogP contribution in [-0.2, 0) is 10.0 Å². The summed E-state index contributed by atoms with van der Waals surface area (Å²) in [5.74, 6) is -1.31. The van der Waals surface area contributed by atoms with Gasteiger partial charge in [0.05, 0.1) is 5.56 Å². The van der Waals surface area contributed by atoms with E-state index in [1.165, 1.54) is 0 Å². The monoisotopic (exact) mass is 364 g/mol. The minimum atomic E-state index is -4.21. The second-order valence-electron chi connectivity index (χ2n) is 4.80. The minimum absolute atomic E-state index is 0.0809. The number of halogens is 2. The van der Waals surface area contributed by atoms with E-state index in [0.717, 1.165) is 25.0 Å². The first kappa shape index (κ1) is 15.4. The number of hydrogen-bond donors (Lipinski definition) is 1. The Hall–Kier alpha value is -0.990. The Morgan fingerprint density at radius 3 is 2.65 bits per heavy atom. The molecule has 2 rings (SSSR count). The molecule has 1 amide bonds. The normalized spacial score (nSPS) is 19.4. The average molecular weight is 365 g/mol. The third-order valence-electron chi connectivity index (χ3n) is 3.37. The van der Waals surface area contributed by atoms with E-state index in [0.29, 0.717) is 6.54 Å². The number of rotatable bonds is 2. The van der Waals surface area contributed by atoms with Crippen LogP contribution in [0.1, 0.15) is 30.1 Å². The summed E-state index contributed by atoms with van der Waals surface area (Å²) in [5, 5.41) is 4.95. The van der Waals surface area contributed by atoms with Crippen LogP contribution in [0.3, 0.4) is 0 Å². The molecule has 1 atom stereocenters. The highest BCUT2D eigenvalue weighted by Gasteiger charge is 2.29. The van der Waals surface area contributed by atoms with Gasteiger partial charge in [-0.2, -0.15) is 0 Å². The van der Waals surface area contributed by atoms with Crippen molar-refractivity contribution in [2.45, 2.75) is 30.7 Å². The number of nitrogens with two attached hydrogens (primary N) is 1. The summed E-state index contributed by atoms with van der Waals surface area (Å²) in [7, 11) is -4.21. The van der Waals surface area contributed by atoms with Gasteiger partial charge in [0.25, 0.3) is 5.91 Å². The van der Waals surface area contributed by atoms with E-state index in [4.69, 9.17) is 5.14 Å². The molecule has 1 unspecified atom stereocenters. The standard InChI is InChI=1S/C12H14BrFN2O3S/c1-7-3-2-4-16(7)12(17)8-5-11(20(15,18)19)10(14)6-9(8)13/h5-7H,2-4H2,1H3,(H2,15,18,19). The molecule has 2 N–H and O–H groups in total. The van der Waals surface area contributed by atoms with Crippen LogP contribution in [0.15, 0.2) is 21.5 Å². The summed E-state index contributed by atoms with van der Waals surface area (Å²) in [4.78, 5) is 13.4. The van der Waals surface area contributed by atoms with Crippen LogP contribution in [-0.4, -0.2) is 31.8 Å². The first-order valence-electron chi connectivity index (χ1n) is 6.04. The number of benzene rings is 1. The molecule has 20 heavy (non-hydrogen) atoms. The van der Waals surface area contributed by atoms with E-state index in [-0.39, 0.29) is 22.0 Å². The molecule has 0 radical (unpaired) electrons. The number of carbonyl (C=O) groups is 1. The minimum Gasteiger partial charge on any atom is -0.336 e. The second-order valence-corrected chi connectivity index (χ2v) is 7.18. The average Bonchev–Trinajstić information content (AvgIpc) is 2.73. The van der Waals surface area contributed by atoms with E-state index in [1.807, 2.05) is 6.92 Å². The molecule has 1 heterocycles. The van der Waals surface area contributed by atoms with E-state index in [9.17, 15) is 17.6 Å². The van der Waals surface area contributed by atoms with Crippen LogP contribution in [0.4, 0.5) is 4.39 Å². The van der Waals surface area contributed by atoms with Crippen LogP contribution in [0.5, 0.6) is 0 Å². The van der Waals surface area contributed by atoms with Gasteiger partial charge in [-0.25, -0.2) is 17.9 Å². The summed E-state index contributed by atoms with van der Waals surface area (Å²) in [6.45, 7) is 2.53. The smallest absolute Gasteiger partial charge is 0.255 e. The number of likely N-dealkylation sites (tertiary alicyclic amines) is 1. The number of carbonyl (C=O) groups excluding carboxylic acids is 1. The maximum absolute atomic E-state index is 13.6. The van der Waals surface area contributed by atoms with Crippen LogP contribution < -0.4 is 5.14 Å². The molecule has 1 fully saturated rings. The quantitative estimate of drug-likeness (QED) is 0.869. The van der Waals surface area contributed by atoms with E-state index in [1.54, 1.807) is 4.90 Å². The maximum Gasteiger partial charge on any atom is 0.255 e. The topological polar surface area (TPSA) is 80.5 Å².